The average Bonchev–Trinajstić information content (AvgIpc) is 2.47. The van der Waals surface area contributed by atoms with E-state index in [1.807, 2.05) is 31.3 Å². The van der Waals surface area contributed by atoms with Gasteiger partial charge in [-0.15, -0.1) is 0 Å². The number of hydrogen-bond donors (Lipinski definition) is 1. The maximum atomic E-state index is 12.2. The van der Waals surface area contributed by atoms with E-state index < -0.39 is 10.0 Å². The highest BCUT2D eigenvalue weighted by Crippen LogP contribution is 2.33. The van der Waals surface area contributed by atoms with E-state index in [2.05, 4.69) is 9.62 Å². The Kier molecular flexibility index (Phi) is 3.94. The summed E-state index contributed by atoms with van der Waals surface area (Å²) in [7, 11) is -1.46. The maximum absolute atomic E-state index is 12.2. The third kappa shape index (κ3) is 3.33. The Morgan fingerprint density at radius 3 is 2.73 bits per heavy atom. The van der Waals surface area contributed by atoms with Crippen molar-refractivity contribution in [1.29, 1.82) is 0 Å². The van der Waals surface area contributed by atoms with E-state index in [-0.39, 0.29) is 5.75 Å². The fourth-order valence-electron chi connectivity index (χ4n) is 2.43. The number of sulfonamides is 1. The first-order chi connectivity index (χ1) is 10.5. The van der Waals surface area contributed by atoms with Gasteiger partial charge in [-0.2, -0.15) is 0 Å². The van der Waals surface area contributed by atoms with Gasteiger partial charge in [-0.3, -0.25) is 4.72 Å². The van der Waals surface area contributed by atoms with Gasteiger partial charge in [0.2, 0.25) is 10.0 Å². The topological polar surface area (TPSA) is 58.6 Å². The minimum atomic E-state index is -3.45. The van der Waals surface area contributed by atoms with E-state index >= 15 is 0 Å². The Bertz CT molecular complexity index is 760. The zero-order valence-electron chi connectivity index (χ0n) is 12.3. The Morgan fingerprint density at radius 2 is 1.95 bits per heavy atom. The molecule has 2 aromatic carbocycles. The van der Waals surface area contributed by atoms with Crippen molar-refractivity contribution in [2.45, 2.75) is 5.75 Å². The number of fused-ring (bicyclic) bond motifs is 1. The van der Waals surface area contributed by atoms with Crippen molar-refractivity contribution in [3.8, 4) is 5.75 Å². The van der Waals surface area contributed by atoms with Crippen LogP contribution in [0.15, 0.2) is 48.5 Å². The Balaban J connectivity index is 1.78. The first-order valence-corrected chi connectivity index (χ1v) is 8.71. The molecule has 0 atom stereocenters. The molecular formula is C16H18N2O3S. The highest BCUT2D eigenvalue weighted by atomic mass is 32.2. The van der Waals surface area contributed by atoms with E-state index in [1.54, 1.807) is 24.3 Å². The van der Waals surface area contributed by atoms with Crippen LogP contribution in [0.5, 0.6) is 5.75 Å². The summed E-state index contributed by atoms with van der Waals surface area (Å²) < 4.78 is 32.7. The Hall–Kier alpha value is -2.21. The zero-order chi connectivity index (χ0) is 15.6. The summed E-state index contributed by atoms with van der Waals surface area (Å²) in [6.45, 7) is 1.43. The van der Waals surface area contributed by atoms with Crippen LogP contribution >= 0.6 is 0 Å². The molecule has 1 N–H and O–H groups in total. The van der Waals surface area contributed by atoms with Crippen molar-refractivity contribution in [2.75, 3.05) is 29.8 Å². The highest BCUT2D eigenvalue weighted by molar-refractivity contribution is 7.91. The van der Waals surface area contributed by atoms with Crippen molar-refractivity contribution >= 4 is 21.4 Å². The quantitative estimate of drug-likeness (QED) is 0.941. The number of hydrogen-bond acceptors (Lipinski definition) is 4. The fourth-order valence-corrected chi connectivity index (χ4v) is 3.62. The van der Waals surface area contributed by atoms with Crippen LogP contribution in [0.2, 0.25) is 0 Å². The maximum Gasteiger partial charge on any atom is 0.236 e. The molecule has 0 spiro atoms. The van der Waals surface area contributed by atoms with Crippen LogP contribution < -0.4 is 14.4 Å². The first-order valence-electron chi connectivity index (χ1n) is 7.06. The Labute approximate surface area is 130 Å². The summed E-state index contributed by atoms with van der Waals surface area (Å²) >= 11 is 0. The Morgan fingerprint density at radius 1 is 1.18 bits per heavy atom. The average molecular weight is 318 g/mol. The van der Waals surface area contributed by atoms with Crippen LogP contribution in [0.3, 0.4) is 0 Å². The van der Waals surface area contributed by atoms with Gasteiger partial charge in [-0.25, -0.2) is 8.42 Å². The number of nitrogens with zero attached hydrogens (tertiary/aromatic N) is 1. The molecule has 22 heavy (non-hydrogen) atoms. The van der Waals surface area contributed by atoms with Crippen LogP contribution in [0.4, 0.5) is 11.4 Å². The smallest absolute Gasteiger partial charge is 0.236 e. The van der Waals surface area contributed by atoms with Crippen molar-refractivity contribution < 1.29 is 13.2 Å². The predicted octanol–water partition coefficient (Wildman–Crippen LogP) is 2.46. The molecule has 0 radical (unpaired) electrons. The van der Waals surface area contributed by atoms with Gasteiger partial charge in [-0.1, -0.05) is 30.3 Å². The molecule has 0 bridgehead atoms. The molecule has 0 unspecified atom stereocenters. The summed E-state index contributed by atoms with van der Waals surface area (Å²) in [5.41, 5.74) is 2.24. The van der Waals surface area contributed by atoms with Crippen molar-refractivity contribution in [3.05, 3.63) is 54.1 Å². The lowest BCUT2D eigenvalue weighted by molar-refractivity contribution is 0.311. The van der Waals surface area contributed by atoms with Gasteiger partial charge in [-0.05, 0) is 17.7 Å². The molecule has 2 aromatic rings. The first kappa shape index (κ1) is 14.7. The van der Waals surface area contributed by atoms with Crippen LogP contribution in [0, 0.1) is 0 Å². The van der Waals surface area contributed by atoms with Crippen LogP contribution in [-0.4, -0.2) is 28.6 Å². The van der Waals surface area contributed by atoms with Gasteiger partial charge in [0.1, 0.15) is 12.4 Å². The molecular weight excluding hydrogens is 300 g/mol. The van der Waals surface area contributed by atoms with Gasteiger partial charge in [0.05, 0.1) is 23.7 Å². The fraction of sp³-hybridized carbons (Fsp3) is 0.250. The molecule has 0 saturated carbocycles. The van der Waals surface area contributed by atoms with E-state index in [0.717, 1.165) is 17.8 Å². The van der Waals surface area contributed by atoms with Crippen LogP contribution in [0.1, 0.15) is 5.56 Å². The summed E-state index contributed by atoms with van der Waals surface area (Å²) in [6, 6.07) is 14.5. The van der Waals surface area contributed by atoms with Gasteiger partial charge in [0, 0.05) is 13.1 Å². The molecule has 6 heteroatoms. The number of ether oxygens (including phenoxy) is 1. The lowest BCUT2D eigenvalue weighted by atomic mass is 10.2. The number of nitrogens with one attached hydrogen (secondary N) is 1. The molecule has 0 amide bonds. The summed E-state index contributed by atoms with van der Waals surface area (Å²) in [5.74, 6) is 0.653. The van der Waals surface area contributed by atoms with Gasteiger partial charge >= 0.3 is 0 Å². The lowest BCUT2D eigenvalue weighted by Crippen LogP contribution is -2.28. The van der Waals surface area contributed by atoms with Gasteiger partial charge in [0.15, 0.2) is 0 Å². The normalized spacial score (nSPS) is 14.1. The molecule has 1 heterocycles. The monoisotopic (exact) mass is 318 g/mol. The largest absolute Gasteiger partial charge is 0.489 e. The minimum Gasteiger partial charge on any atom is -0.489 e. The summed E-state index contributed by atoms with van der Waals surface area (Å²) in [4.78, 5) is 2.08. The van der Waals surface area contributed by atoms with Crippen molar-refractivity contribution in [1.82, 2.24) is 0 Å². The van der Waals surface area contributed by atoms with Gasteiger partial charge in [0.25, 0.3) is 0 Å². The molecule has 3 rings (SSSR count). The van der Waals surface area contributed by atoms with E-state index in [4.69, 9.17) is 4.74 Å². The van der Waals surface area contributed by atoms with Crippen molar-refractivity contribution in [2.24, 2.45) is 0 Å². The number of anilines is 2. The highest BCUT2D eigenvalue weighted by Gasteiger charge is 2.17. The molecule has 1 aliphatic heterocycles. The number of rotatable bonds is 4. The van der Waals surface area contributed by atoms with Gasteiger partial charge < -0.3 is 9.64 Å². The summed E-state index contributed by atoms with van der Waals surface area (Å²) in [5, 5.41) is 0. The zero-order valence-corrected chi connectivity index (χ0v) is 13.1. The molecule has 5 nitrogen and oxygen atoms in total. The standard InChI is InChI=1S/C16H18N2O3S/c1-18-9-10-21-16-11-14(7-8-15(16)18)17-22(19,20)12-13-5-3-2-4-6-13/h2-8,11,17H,9-10,12H2,1H3. The molecule has 0 fully saturated rings. The molecule has 0 aromatic heterocycles. The SMILES string of the molecule is CN1CCOc2cc(NS(=O)(=O)Cc3ccccc3)ccc21. The summed E-state index contributed by atoms with van der Waals surface area (Å²) in [6.07, 6.45) is 0. The third-order valence-corrected chi connectivity index (χ3v) is 4.79. The van der Waals surface area contributed by atoms with E-state index in [9.17, 15) is 8.42 Å². The molecule has 0 aliphatic carbocycles. The van der Waals surface area contributed by atoms with Crippen LogP contribution in [0.25, 0.3) is 0 Å². The van der Waals surface area contributed by atoms with Crippen LogP contribution in [-0.2, 0) is 15.8 Å². The minimum absolute atomic E-state index is 0.0499. The van der Waals surface area contributed by atoms with Crippen molar-refractivity contribution in [3.63, 3.8) is 0 Å². The molecule has 116 valence electrons. The lowest BCUT2D eigenvalue weighted by Gasteiger charge is -2.28. The molecule has 0 saturated heterocycles. The third-order valence-electron chi connectivity index (χ3n) is 3.53. The second-order valence-electron chi connectivity index (χ2n) is 5.30. The second kappa shape index (κ2) is 5.88. The number of likely N-dealkylation sites (N-methyl/N-ethyl adjacent to an activating group) is 1. The number of benzene rings is 2. The second-order valence-corrected chi connectivity index (χ2v) is 7.02. The predicted molar refractivity (Wildman–Crippen MR) is 87.9 cm³/mol. The van der Waals surface area contributed by atoms with E-state index in [1.165, 1.54) is 0 Å². The molecule has 1 aliphatic rings. The van der Waals surface area contributed by atoms with E-state index in [0.29, 0.717) is 18.0 Å².